The van der Waals surface area contributed by atoms with Gasteiger partial charge in [0, 0.05) is 24.2 Å². The molecule has 0 radical (unpaired) electrons. The van der Waals surface area contributed by atoms with Gasteiger partial charge in [-0.05, 0) is 51.7 Å². The Labute approximate surface area is 165 Å². The number of urea groups is 1. The summed E-state index contributed by atoms with van der Waals surface area (Å²) in [6.45, 7) is 3.90. The van der Waals surface area contributed by atoms with Gasteiger partial charge in [0.1, 0.15) is 0 Å². The van der Waals surface area contributed by atoms with Gasteiger partial charge in [0.15, 0.2) is 0 Å². The fourth-order valence-corrected chi connectivity index (χ4v) is 4.58. The number of aromatic nitrogens is 1. The van der Waals surface area contributed by atoms with Gasteiger partial charge >= 0.3 is 6.03 Å². The number of hydrogen-bond acceptors (Lipinski definition) is 5. The molecule has 1 saturated carbocycles. The summed E-state index contributed by atoms with van der Waals surface area (Å²) in [5, 5.41) is 15.4. The number of aliphatic imine (C=N–C) groups is 1. The van der Waals surface area contributed by atoms with Gasteiger partial charge in [-0.2, -0.15) is 10.2 Å². The molecule has 1 aromatic rings. The van der Waals surface area contributed by atoms with E-state index in [0.717, 1.165) is 48.5 Å². The average molecular weight is 378 g/mol. The number of nitrogens with one attached hydrogen (secondary N) is 2. The molecular weight excluding hydrogens is 352 g/mol. The molecule has 1 aromatic heterocycles. The first-order chi connectivity index (χ1) is 13.7. The maximum Gasteiger partial charge on any atom is 0.315 e. The van der Waals surface area contributed by atoms with E-state index in [0.29, 0.717) is 0 Å². The van der Waals surface area contributed by atoms with E-state index in [9.17, 15) is 4.79 Å². The lowest BCUT2D eigenvalue weighted by Gasteiger charge is -2.35. The lowest BCUT2D eigenvalue weighted by molar-refractivity contribution is 0.246. The number of hydrogen-bond donors (Lipinski definition) is 2. The Hall–Kier alpha value is -2.83. The van der Waals surface area contributed by atoms with Crippen molar-refractivity contribution in [3.63, 3.8) is 0 Å². The van der Waals surface area contributed by atoms with Crippen molar-refractivity contribution in [3.8, 4) is 0 Å². The van der Waals surface area contributed by atoms with E-state index < -0.39 is 0 Å². The zero-order valence-corrected chi connectivity index (χ0v) is 16.3. The molecule has 2 fully saturated rings. The van der Waals surface area contributed by atoms with Crippen LogP contribution in [-0.4, -0.2) is 40.7 Å². The van der Waals surface area contributed by atoms with Gasteiger partial charge < -0.3 is 10.6 Å². The van der Waals surface area contributed by atoms with Crippen LogP contribution >= 0.6 is 0 Å². The first-order valence-electron chi connectivity index (χ1n) is 10.0. The zero-order chi connectivity index (χ0) is 19.5. The van der Waals surface area contributed by atoms with Gasteiger partial charge in [-0.3, -0.25) is 9.98 Å². The van der Waals surface area contributed by atoms with Crippen LogP contribution in [0.2, 0.25) is 0 Å². The molecule has 4 atom stereocenters. The molecule has 0 bridgehead atoms. The van der Waals surface area contributed by atoms with E-state index in [4.69, 9.17) is 0 Å². The van der Waals surface area contributed by atoms with Gasteiger partial charge in [-0.1, -0.05) is 12.1 Å². The molecular formula is C21H26N6O. The van der Waals surface area contributed by atoms with Gasteiger partial charge in [-0.15, -0.1) is 0 Å². The largest absolute Gasteiger partial charge is 0.333 e. The molecule has 7 heteroatoms. The van der Waals surface area contributed by atoms with Gasteiger partial charge in [0.2, 0.25) is 0 Å². The molecule has 0 spiro atoms. The molecule has 28 heavy (non-hydrogen) atoms. The summed E-state index contributed by atoms with van der Waals surface area (Å²) in [5.74, 6) is 0.422. The monoisotopic (exact) mass is 378 g/mol. The highest BCUT2D eigenvalue weighted by molar-refractivity contribution is 6.11. The van der Waals surface area contributed by atoms with E-state index in [1.165, 1.54) is 0 Å². The highest BCUT2D eigenvalue weighted by Gasteiger charge is 2.41. The minimum Gasteiger partial charge on any atom is -0.333 e. The third-order valence-electron chi connectivity index (χ3n) is 5.88. The summed E-state index contributed by atoms with van der Waals surface area (Å²) in [7, 11) is 0. The minimum absolute atomic E-state index is 0.0582. The Morgan fingerprint density at radius 1 is 1.07 bits per heavy atom. The van der Waals surface area contributed by atoms with E-state index >= 15 is 0 Å². The number of fused-ring (bicyclic) bond motifs is 2. The molecule has 0 aromatic carbocycles. The first-order valence-corrected chi connectivity index (χ1v) is 10.0. The third-order valence-corrected chi connectivity index (χ3v) is 5.88. The van der Waals surface area contributed by atoms with Crippen molar-refractivity contribution in [2.75, 3.05) is 0 Å². The Morgan fingerprint density at radius 3 is 2.46 bits per heavy atom. The topological polar surface area (TPSA) is 91.1 Å². The van der Waals surface area contributed by atoms with Crippen LogP contribution in [0, 0.1) is 11.8 Å². The van der Waals surface area contributed by atoms with Crippen molar-refractivity contribution in [3.05, 3.63) is 41.9 Å². The van der Waals surface area contributed by atoms with E-state index in [1.54, 1.807) is 12.4 Å². The summed E-state index contributed by atoms with van der Waals surface area (Å²) in [5.41, 5.74) is 3.65. The second kappa shape index (κ2) is 8.04. The Kier molecular flexibility index (Phi) is 5.32. The molecule has 2 N–H and O–H groups in total. The first kappa shape index (κ1) is 18.5. The molecule has 3 heterocycles. The number of carbonyl (C=O) groups excluding carboxylic acids is 1. The maximum atomic E-state index is 11.8. The van der Waals surface area contributed by atoms with Crippen LogP contribution in [0.5, 0.6) is 0 Å². The van der Waals surface area contributed by atoms with Crippen molar-refractivity contribution in [2.45, 2.75) is 51.6 Å². The summed E-state index contributed by atoms with van der Waals surface area (Å²) in [6, 6.07) is 6.19. The van der Waals surface area contributed by atoms with Crippen LogP contribution in [0.15, 0.2) is 51.4 Å². The van der Waals surface area contributed by atoms with Crippen molar-refractivity contribution in [2.24, 2.45) is 27.0 Å². The van der Waals surface area contributed by atoms with Crippen molar-refractivity contribution in [1.82, 2.24) is 15.6 Å². The molecule has 4 unspecified atom stereocenters. The quantitative estimate of drug-likeness (QED) is 0.791. The van der Waals surface area contributed by atoms with Crippen LogP contribution in [0.1, 0.15) is 45.2 Å². The zero-order valence-electron chi connectivity index (χ0n) is 16.3. The number of amides is 2. The number of pyridine rings is 1. The lowest BCUT2D eigenvalue weighted by Crippen LogP contribution is -2.42. The second-order valence-electron chi connectivity index (χ2n) is 7.45. The Bertz CT molecular complexity index is 857. The second-order valence-corrected chi connectivity index (χ2v) is 7.45. The fourth-order valence-electron chi connectivity index (χ4n) is 4.58. The lowest BCUT2D eigenvalue weighted by atomic mass is 9.73. The Morgan fingerprint density at radius 2 is 1.82 bits per heavy atom. The molecule has 1 saturated heterocycles. The maximum absolute atomic E-state index is 11.8. The minimum atomic E-state index is -0.0582. The van der Waals surface area contributed by atoms with Crippen molar-refractivity contribution >= 4 is 23.7 Å². The molecule has 2 aliphatic heterocycles. The molecule has 2 amide bonds. The van der Waals surface area contributed by atoms with Crippen molar-refractivity contribution < 1.29 is 4.79 Å². The summed E-state index contributed by atoms with van der Waals surface area (Å²) in [4.78, 5) is 20.9. The molecule has 3 aliphatic rings. The number of rotatable bonds is 3. The van der Waals surface area contributed by atoms with Gasteiger partial charge in [-0.25, -0.2) is 4.79 Å². The standard InChI is InChI=1S/C21H26N6O/c1-3-15(22-4-2)19-13-8-10-16-17(25-21(28)24-16)11-9-14(13)20(27-26-19)18-7-5-6-12-23-18/h3-7,12-14,16-17H,8-11H2,1-2H3,(H2,24,25,28)/b15-3-,22-4?. The molecule has 146 valence electrons. The highest BCUT2D eigenvalue weighted by atomic mass is 16.2. The van der Waals surface area contributed by atoms with E-state index in [-0.39, 0.29) is 30.0 Å². The smallest absolute Gasteiger partial charge is 0.315 e. The summed E-state index contributed by atoms with van der Waals surface area (Å²) < 4.78 is 0. The number of carbonyl (C=O) groups is 1. The van der Waals surface area contributed by atoms with Crippen LogP contribution in [0.25, 0.3) is 0 Å². The van der Waals surface area contributed by atoms with Crippen LogP contribution < -0.4 is 10.6 Å². The van der Waals surface area contributed by atoms with Gasteiger partial charge in [0.25, 0.3) is 0 Å². The average Bonchev–Trinajstić information content (AvgIpc) is 3.06. The summed E-state index contributed by atoms with van der Waals surface area (Å²) >= 11 is 0. The number of nitrogens with zero attached hydrogens (tertiary/aromatic N) is 4. The summed E-state index contributed by atoms with van der Waals surface area (Å²) in [6.07, 6.45) is 9.26. The van der Waals surface area contributed by atoms with E-state index in [2.05, 4.69) is 30.8 Å². The van der Waals surface area contributed by atoms with Crippen LogP contribution in [0.3, 0.4) is 0 Å². The normalized spacial score (nSPS) is 30.4. The predicted octanol–water partition coefficient (Wildman–Crippen LogP) is 3.09. The van der Waals surface area contributed by atoms with E-state index in [1.807, 2.05) is 38.1 Å². The fraction of sp³-hybridized carbons (Fsp3) is 0.476. The molecule has 7 nitrogen and oxygen atoms in total. The predicted molar refractivity (Wildman–Crippen MR) is 111 cm³/mol. The SMILES string of the molecule is CC=N/C(=C\C)C1=NN=C(c2ccccn2)C2CCC3NC(=O)NC3CCC12. The van der Waals surface area contributed by atoms with Crippen LogP contribution in [-0.2, 0) is 0 Å². The third kappa shape index (κ3) is 3.48. The molecule has 4 rings (SSSR count). The molecule has 1 aliphatic carbocycles. The number of allylic oxidation sites excluding steroid dienone is 2. The Balaban J connectivity index is 1.72. The van der Waals surface area contributed by atoms with Crippen LogP contribution in [0.4, 0.5) is 4.79 Å². The van der Waals surface area contributed by atoms with Gasteiger partial charge in [0.05, 0.1) is 34.9 Å². The van der Waals surface area contributed by atoms with Crippen molar-refractivity contribution in [1.29, 1.82) is 0 Å². The highest BCUT2D eigenvalue weighted by Crippen LogP contribution is 2.37.